The summed E-state index contributed by atoms with van der Waals surface area (Å²) in [6, 6.07) is -1.18. The Morgan fingerprint density at radius 3 is 1.07 bits per heavy atom. The molecule has 1 heterocycles. The van der Waals surface area contributed by atoms with Gasteiger partial charge >= 0.3 is 0 Å². The summed E-state index contributed by atoms with van der Waals surface area (Å²) in [6.07, 6.45) is 60.3. The standard InChI is InChI=1S/C69H135NO10/c1-3-5-7-9-11-13-15-17-19-21-22-23-24-25-26-27-28-29-30-31-32-33-34-35-36-37-38-39-41-43-45-47-49-51-53-55-57-62(73)68(78)70-60(59-79-69-67(77)66(76)65(75)63(58-71)80-69)64(74)61(72)56-54-52-50-48-46-44-42-40-20-18-16-14-12-10-8-6-4-2/h48,50,60-67,69,71-77H,3-47,49,51-59H2,1-2H3,(H,70,78)/b50-48+. The Morgan fingerprint density at radius 1 is 0.425 bits per heavy atom. The molecule has 80 heavy (non-hydrogen) atoms. The van der Waals surface area contributed by atoms with Gasteiger partial charge in [-0.25, -0.2) is 0 Å². The maximum absolute atomic E-state index is 13.2. The zero-order chi connectivity index (χ0) is 58.2. The van der Waals surface area contributed by atoms with Crippen LogP contribution in [0.1, 0.15) is 354 Å². The van der Waals surface area contributed by atoms with E-state index in [1.54, 1.807) is 0 Å². The van der Waals surface area contributed by atoms with E-state index >= 15 is 0 Å². The fourth-order valence-electron chi connectivity index (χ4n) is 11.7. The molecule has 0 spiro atoms. The lowest BCUT2D eigenvalue weighted by Crippen LogP contribution is -2.60. The van der Waals surface area contributed by atoms with Crippen molar-refractivity contribution in [3.8, 4) is 0 Å². The number of carbonyl (C=O) groups excluding carboxylic acids is 1. The summed E-state index contributed by atoms with van der Waals surface area (Å²) in [4.78, 5) is 13.2. The van der Waals surface area contributed by atoms with Gasteiger partial charge in [-0.1, -0.05) is 328 Å². The highest BCUT2D eigenvalue weighted by molar-refractivity contribution is 5.80. The van der Waals surface area contributed by atoms with Crippen LogP contribution in [-0.4, -0.2) is 110 Å². The normalized spacial score (nSPS) is 19.2. The van der Waals surface area contributed by atoms with Crippen LogP contribution in [0.25, 0.3) is 0 Å². The second-order valence-corrected chi connectivity index (χ2v) is 25.0. The van der Waals surface area contributed by atoms with Gasteiger partial charge in [-0.05, 0) is 38.5 Å². The van der Waals surface area contributed by atoms with Crippen molar-refractivity contribution in [2.24, 2.45) is 0 Å². The molecule has 0 bridgehead atoms. The van der Waals surface area contributed by atoms with Crippen molar-refractivity contribution in [2.45, 2.75) is 409 Å². The number of aliphatic hydroxyl groups excluding tert-OH is 7. The quantitative estimate of drug-likeness (QED) is 0.0215. The molecule has 1 aliphatic rings. The topological polar surface area (TPSA) is 189 Å². The average Bonchev–Trinajstić information content (AvgIpc) is 3.47. The van der Waals surface area contributed by atoms with E-state index < -0.39 is 74.2 Å². The van der Waals surface area contributed by atoms with Crippen LogP contribution in [0.4, 0.5) is 0 Å². The maximum Gasteiger partial charge on any atom is 0.249 e. The smallest absolute Gasteiger partial charge is 0.249 e. The molecule has 0 aliphatic carbocycles. The summed E-state index contributed by atoms with van der Waals surface area (Å²) in [7, 11) is 0. The number of carbonyl (C=O) groups is 1. The molecular weight excluding hydrogens is 1000 g/mol. The number of aliphatic hydroxyl groups is 7. The molecule has 0 saturated carbocycles. The molecule has 0 radical (unpaired) electrons. The maximum atomic E-state index is 13.2. The van der Waals surface area contributed by atoms with Crippen molar-refractivity contribution in [1.29, 1.82) is 0 Å². The van der Waals surface area contributed by atoms with Crippen LogP contribution in [0, 0.1) is 0 Å². The Bertz CT molecular complexity index is 1310. The lowest BCUT2D eigenvalue weighted by molar-refractivity contribution is -0.303. The Hall–Kier alpha value is -1.15. The van der Waals surface area contributed by atoms with E-state index in [0.717, 1.165) is 38.5 Å². The first-order valence-corrected chi connectivity index (χ1v) is 35.1. The first-order valence-electron chi connectivity index (χ1n) is 35.1. The molecule has 0 aromatic heterocycles. The summed E-state index contributed by atoms with van der Waals surface area (Å²) in [5.74, 6) is -0.698. The number of hydrogen-bond donors (Lipinski definition) is 8. The largest absolute Gasteiger partial charge is 0.394 e. The van der Waals surface area contributed by atoms with Crippen molar-refractivity contribution in [2.75, 3.05) is 13.2 Å². The zero-order valence-electron chi connectivity index (χ0n) is 52.6. The molecule has 8 N–H and O–H groups in total. The predicted octanol–water partition coefficient (Wildman–Crippen LogP) is 16.6. The minimum absolute atomic E-state index is 0.260. The first kappa shape index (κ1) is 76.9. The predicted molar refractivity (Wildman–Crippen MR) is 335 cm³/mol. The molecule has 11 heteroatoms. The third-order valence-corrected chi connectivity index (χ3v) is 17.3. The number of amides is 1. The monoisotopic (exact) mass is 1140 g/mol. The molecule has 1 saturated heterocycles. The number of rotatable bonds is 62. The van der Waals surface area contributed by atoms with Gasteiger partial charge in [-0.2, -0.15) is 0 Å². The summed E-state index contributed by atoms with van der Waals surface area (Å²) in [6.45, 7) is 3.49. The molecule has 11 nitrogen and oxygen atoms in total. The van der Waals surface area contributed by atoms with Crippen LogP contribution in [0.2, 0.25) is 0 Å². The average molecular weight is 1140 g/mol. The SMILES string of the molecule is CCCCCCCCCCCCCC/C=C/CCCC(O)C(O)C(COC1OC(CO)C(O)C(O)C1O)NC(=O)C(O)CCCCCCCCCCCCCCCCCCCCCCCCCCCCCCCCCCCCCC. The van der Waals surface area contributed by atoms with Gasteiger partial charge in [0.15, 0.2) is 6.29 Å². The van der Waals surface area contributed by atoms with E-state index in [1.165, 1.54) is 276 Å². The van der Waals surface area contributed by atoms with E-state index in [0.29, 0.717) is 12.8 Å². The molecule has 1 fully saturated rings. The van der Waals surface area contributed by atoms with Crippen molar-refractivity contribution in [3.63, 3.8) is 0 Å². The van der Waals surface area contributed by atoms with Crippen molar-refractivity contribution in [3.05, 3.63) is 12.2 Å². The second kappa shape index (κ2) is 58.2. The van der Waals surface area contributed by atoms with Crippen LogP contribution in [0.3, 0.4) is 0 Å². The number of unbranched alkanes of at least 4 members (excludes halogenated alkanes) is 48. The number of nitrogens with one attached hydrogen (secondary N) is 1. The third-order valence-electron chi connectivity index (χ3n) is 17.3. The second-order valence-electron chi connectivity index (χ2n) is 25.0. The highest BCUT2D eigenvalue weighted by Gasteiger charge is 2.44. The molecule has 1 aliphatic heterocycles. The summed E-state index contributed by atoms with van der Waals surface area (Å²) >= 11 is 0. The van der Waals surface area contributed by atoms with Gasteiger partial charge < -0.3 is 50.5 Å². The van der Waals surface area contributed by atoms with Crippen molar-refractivity contribution in [1.82, 2.24) is 5.32 Å². The van der Waals surface area contributed by atoms with Gasteiger partial charge in [-0.3, -0.25) is 4.79 Å². The molecule has 0 aromatic carbocycles. The fourth-order valence-corrected chi connectivity index (χ4v) is 11.7. The summed E-state index contributed by atoms with van der Waals surface area (Å²) < 4.78 is 11.2. The van der Waals surface area contributed by atoms with Crippen LogP contribution < -0.4 is 5.32 Å². The van der Waals surface area contributed by atoms with Crippen LogP contribution in [-0.2, 0) is 14.3 Å². The molecule has 9 atom stereocenters. The van der Waals surface area contributed by atoms with Gasteiger partial charge in [0.05, 0.1) is 25.4 Å². The van der Waals surface area contributed by atoms with E-state index in [2.05, 4.69) is 31.3 Å². The third kappa shape index (κ3) is 45.2. The Morgan fingerprint density at radius 2 is 0.738 bits per heavy atom. The van der Waals surface area contributed by atoms with Crippen LogP contribution in [0.15, 0.2) is 12.2 Å². The van der Waals surface area contributed by atoms with E-state index in [9.17, 15) is 40.5 Å². The van der Waals surface area contributed by atoms with E-state index in [1.807, 2.05) is 0 Å². The molecule has 9 unspecified atom stereocenters. The Kier molecular flexibility index (Phi) is 56.0. The first-order chi connectivity index (χ1) is 39.2. The molecule has 476 valence electrons. The zero-order valence-corrected chi connectivity index (χ0v) is 52.6. The van der Waals surface area contributed by atoms with Crippen molar-refractivity contribution >= 4 is 5.91 Å². The molecule has 0 aromatic rings. The van der Waals surface area contributed by atoms with Crippen LogP contribution in [0.5, 0.6) is 0 Å². The Labute approximate surface area is 493 Å². The summed E-state index contributed by atoms with van der Waals surface area (Å²) in [5, 5.41) is 76.3. The number of allylic oxidation sites excluding steroid dienone is 2. The van der Waals surface area contributed by atoms with E-state index in [4.69, 9.17) is 9.47 Å². The van der Waals surface area contributed by atoms with Crippen LogP contribution >= 0.6 is 0 Å². The molecular formula is C69H135NO10. The Balaban J connectivity index is 2.13. The lowest BCUT2D eigenvalue weighted by atomic mass is 9.98. The van der Waals surface area contributed by atoms with Gasteiger partial charge in [0.2, 0.25) is 5.91 Å². The lowest BCUT2D eigenvalue weighted by Gasteiger charge is -2.40. The fraction of sp³-hybridized carbons (Fsp3) is 0.957. The molecule has 1 rings (SSSR count). The van der Waals surface area contributed by atoms with Crippen molar-refractivity contribution < 1.29 is 50.0 Å². The highest BCUT2D eigenvalue weighted by atomic mass is 16.7. The minimum Gasteiger partial charge on any atom is -0.394 e. The van der Waals surface area contributed by atoms with Gasteiger partial charge in [0.25, 0.3) is 0 Å². The highest BCUT2D eigenvalue weighted by Crippen LogP contribution is 2.24. The number of ether oxygens (including phenoxy) is 2. The van der Waals surface area contributed by atoms with Gasteiger partial charge in [0.1, 0.15) is 36.6 Å². The number of hydrogen-bond acceptors (Lipinski definition) is 10. The van der Waals surface area contributed by atoms with Gasteiger partial charge in [-0.15, -0.1) is 0 Å². The van der Waals surface area contributed by atoms with E-state index in [-0.39, 0.29) is 12.8 Å². The summed E-state index contributed by atoms with van der Waals surface area (Å²) in [5.41, 5.74) is 0. The molecule has 1 amide bonds. The minimum atomic E-state index is -1.67. The van der Waals surface area contributed by atoms with Gasteiger partial charge in [0, 0.05) is 0 Å².